The zero-order valence-corrected chi connectivity index (χ0v) is 11.4. The van der Waals surface area contributed by atoms with E-state index in [9.17, 15) is 17.6 Å². The summed E-state index contributed by atoms with van der Waals surface area (Å²) in [5, 5.41) is 0. The average molecular weight is 291 g/mol. The second-order valence-corrected chi connectivity index (χ2v) is 5.17. The van der Waals surface area contributed by atoms with Crippen molar-refractivity contribution in [2.24, 2.45) is 0 Å². The van der Waals surface area contributed by atoms with Gasteiger partial charge in [0.05, 0.1) is 5.56 Å². The minimum atomic E-state index is -4.57. The molecule has 0 spiro atoms. The van der Waals surface area contributed by atoms with Gasteiger partial charge in [-0.25, -0.2) is 9.37 Å². The van der Waals surface area contributed by atoms with Crippen molar-refractivity contribution in [1.29, 1.82) is 0 Å². The van der Waals surface area contributed by atoms with Crippen LogP contribution in [0.4, 0.5) is 23.4 Å². The fourth-order valence-corrected chi connectivity index (χ4v) is 2.40. The van der Waals surface area contributed by atoms with Crippen molar-refractivity contribution in [2.45, 2.75) is 25.1 Å². The Balaban J connectivity index is 2.16. The predicted octanol–water partition coefficient (Wildman–Crippen LogP) is 2.77. The molecule has 7 heteroatoms. The number of halogens is 4. The van der Waals surface area contributed by atoms with Gasteiger partial charge in [-0.2, -0.15) is 13.2 Å². The topological polar surface area (TPSA) is 19.4 Å². The number of hydrogen-bond donors (Lipinski definition) is 0. The second-order valence-electron chi connectivity index (χ2n) is 5.17. The van der Waals surface area contributed by atoms with Crippen molar-refractivity contribution >= 4 is 5.82 Å². The molecule has 0 atom stereocenters. The first-order valence-electron chi connectivity index (χ1n) is 6.43. The average Bonchev–Trinajstić information content (AvgIpc) is 2.37. The van der Waals surface area contributed by atoms with E-state index in [1.807, 2.05) is 7.05 Å². The summed E-state index contributed by atoms with van der Waals surface area (Å²) in [5.74, 6) is -0.950. The van der Waals surface area contributed by atoms with Gasteiger partial charge in [0.25, 0.3) is 0 Å². The number of hydrogen-bond acceptors (Lipinski definition) is 3. The number of likely N-dealkylation sites (tertiary alicyclic amines) is 1. The molecule has 0 unspecified atom stereocenters. The molecule has 2 rings (SSSR count). The largest absolute Gasteiger partial charge is 0.417 e. The van der Waals surface area contributed by atoms with Gasteiger partial charge in [0.1, 0.15) is 0 Å². The van der Waals surface area contributed by atoms with Gasteiger partial charge >= 0.3 is 6.18 Å². The molecule has 112 valence electrons. The third-order valence-electron chi connectivity index (χ3n) is 3.72. The molecule has 20 heavy (non-hydrogen) atoms. The molecule has 1 saturated heterocycles. The molecule has 2 heterocycles. The van der Waals surface area contributed by atoms with E-state index >= 15 is 0 Å². The third kappa shape index (κ3) is 3.20. The summed E-state index contributed by atoms with van der Waals surface area (Å²) in [5.41, 5.74) is -1.06. The van der Waals surface area contributed by atoms with Gasteiger partial charge in [-0.3, -0.25) is 0 Å². The molecular weight excluding hydrogens is 274 g/mol. The van der Waals surface area contributed by atoms with Crippen LogP contribution in [0.1, 0.15) is 18.4 Å². The fourth-order valence-electron chi connectivity index (χ4n) is 2.40. The minimum absolute atomic E-state index is 0.0208. The molecule has 1 aliphatic heterocycles. The third-order valence-corrected chi connectivity index (χ3v) is 3.72. The van der Waals surface area contributed by atoms with Crippen LogP contribution in [-0.4, -0.2) is 43.1 Å². The second kappa shape index (κ2) is 5.55. The van der Waals surface area contributed by atoms with E-state index in [4.69, 9.17) is 0 Å². The zero-order chi connectivity index (χ0) is 14.9. The summed E-state index contributed by atoms with van der Waals surface area (Å²) in [6.45, 7) is 1.77. The zero-order valence-electron chi connectivity index (χ0n) is 11.4. The van der Waals surface area contributed by atoms with Gasteiger partial charge in [0.2, 0.25) is 0 Å². The van der Waals surface area contributed by atoms with E-state index in [-0.39, 0.29) is 11.9 Å². The maximum absolute atomic E-state index is 13.8. The van der Waals surface area contributed by atoms with E-state index in [0.717, 1.165) is 25.9 Å². The highest BCUT2D eigenvalue weighted by molar-refractivity contribution is 5.42. The van der Waals surface area contributed by atoms with E-state index in [0.29, 0.717) is 12.3 Å². The lowest BCUT2D eigenvalue weighted by Crippen LogP contribution is -2.42. The van der Waals surface area contributed by atoms with Gasteiger partial charge in [0.15, 0.2) is 11.6 Å². The smallest absolute Gasteiger partial charge is 0.354 e. The highest BCUT2D eigenvalue weighted by atomic mass is 19.4. The molecule has 0 saturated carbocycles. The summed E-state index contributed by atoms with van der Waals surface area (Å²) in [7, 11) is 3.68. The van der Waals surface area contributed by atoms with Gasteiger partial charge in [-0.15, -0.1) is 0 Å². The normalized spacial score (nSPS) is 18.3. The Morgan fingerprint density at radius 1 is 1.30 bits per heavy atom. The van der Waals surface area contributed by atoms with Crippen molar-refractivity contribution in [3.8, 4) is 0 Å². The quantitative estimate of drug-likeness (QED) is 0.781. The molecule has 1 aromatic rings. The van der Waals surface area contributed by atoms with Gasteiger partial charge < -0.3 is 9.80 Å². The van der Waals surface area contributed by atoms with Crippen LogP contribution in [-0.2, 0) is 6.18 Å². The van der Waals surface area contributed by atoms with Crippen molar-refractivity contribution in [2.75, 3.05) is 32.1 Å². The first kappa shape index (κ1) is 15.0. The van der Waals surface area contributed by atoms with Crippen LogP contribution in [0, 0.1) is 5.82 Å². The minimum Gasteiger partial charge on any atom is -0.354 e. The summed E-state index contributed by atoms with van der Waals surface area (Å²) >= 11 is 0. The standard InChI is InChI=1S/C13H17F4N3/c1-19-5-3-10(4-6-19)20(2)12-11(14)7-9(8-18-12)13(15,16)17/h7-8,10H,3-6H2,1-2H3. The number of nitrogens with zero attached hydrogens (tertiary/aromatic N) is 3. The van der Waals surface area contributed by atoms with E-state index in [2.05, 4.69) is 9.88 Å². The maximum atomic E-state index is 13.8. The molecule has 0 radical (unpaired) electrons. The highest BCUT2D eigenvalue weighted by Gasteiger charge is 2.32. The molecule has 1 aliphatic rings. The van der Waals surface area contributed by atoms with Crippen LogP contribution in [0.2, 0.25) is 0 Å². The number of aromatic nitrogens is 1. The molecular formula is C13H17F4N3. The predicted molar refractivity (Wildman–Crippen MR) is 68.1 cm³/mol. The van der Waals surface area contributed by atoms with Crippen molar-refractivity contribution in [3.05, 3.63) is 23.6 Å². The lowest BCUT2D eigenvalue weighted by Gasteiger charge is -2.35. The number of rotatable bonds is 2. The van der Waals surface area contributed by atoms with Crippen LogP contribution in [0.5, 0.6) is 0 Å². The molecule has 0 bridgehead atoms. The number of anilines is 1. The van der Waals surface area contributed by atoms with Crippen LogP contribution in [0.15, 0.2) is 12.3 Å². The monoisotopic (exact) mass is 291 g/mol. The maximum Gasteiger partial charge on any atom is 0.417 e. The lowest BCUT2D eigenvalue weighted by molar-refractivity contribution is -0.138. The van der Waals surface area contributed by atoms with Crippen LogP contribution < -0.4 is 4.90 Å². The fraction of sp³-hybridized carbons (Fsp3) is 0.615. The molecule has 1 aromatic heterocycles. The molecule has 0 amide bonds. The number of alkyl halides is 3. The highest BCUT2D eigenvalue weighted by Crippen LogP contribution is 2.31. The van der Waals surface area contributed by atoms with E-state index in [1.165, 1.54) is 0 Å². The Morgan fingerprint density at radius 2 is 1.90 bits per heavy atom. The summed E-state index contributed by atoms with van der Waals surface area (Å²) in [6, 6.07) is 0.610. The van der Waals surface area contributed by atoms with Crippen LogP contribution >= 0.6 is 0 Å². The number of piperidine rings is 1. The molecule has 0 aromatic carbocycles. The Labute approximate surface area is 115 Å². The van der Waals surface area contributed by atoms with E-state index < -0.39 is 17.6 Å². The van der Waals surface area contributed by atoms with Gasteiger partial charge in [-0.05, 0) is 39.0 Å². The van der Waals surface area contributed by atoms with Gasteiger partial charge in [-0.1, -0.05) is 0 Å². The van der Waals surface area contributed by atoms with Crippen LogP contribution in [0.3, 0.4) is 0 Å². The van der Waals surface area contributed by atoms with Crippen LogP contribution in [0.25, 0.3) is 0 Å². The Hall–Kier alpha value is -1.37. The molecule has 0 aliphatic carbocycles. The van der Waals surface area contributed by atoms with Crippen molar-refractivity contribution in [1.82, 2.24) is 9.88 Å². The molecule has 3 nitrogen and oxygen atoms in total. The lowest BCUT2D eigenvalue weighted by atomic mass is 10.0. The van der Waals surface area contributed by atoms with E-state index in [1.54, 1.807) is 11.9 Å². The summed E-state index contributed by atoms with van der Waals surface area (Å²) < 4.78 is 51.3. The van der Waals surface area contributed by atoms with Crippen molar-refractivity contribution in [3.63, 3.8) is 0 Å². The van der Waals surface area contributed by atoms with Crippen molar-refractivity contribution < 1.29 is 17.6 Å². The summed E-state index contributed by atoms with van der Waals surface area (Å²) in [6.07, 6.45) is -2.20. The Kier molecular flexibility index (Phi) is 4.17. The number of pyridine rings is 1. The first-order valence-corrected chi connectivity index (χ1v) is 6.43. The summed E-state index contributed by atoms with van der Waals surface area (Å²) in [4.78, 5) is 7.47. The Bertz CT molecular complexity index is 467. The SMILES string of the molecule is CN1CCC(N(C)c2ncc(C(F)(F)F)cc2F)CC1. The molecule has 1 fully saturated rings. The first-order chi connectivity index (χ1) is 9.29. The van der Waals surface area contributed by atoms with Gasteiger partial charge in [0, 0.05) is 19.3 Å². The Morgan fingerprint density at radius 3 is 2.40 bits per heavy atom. The molecule has 0 N–H and O–H groups in total.